The van der Waals surface area contributed by atoms with Gasteiger partial charge in [0, 0.05) is 18.8 Å². The fraction of sp³-hybridized carbons (Fsp3) is 0.533. The number of alkyl halides is 1. The van der Waals surface area contributed by atoms with E-state index < -0.39 is 0 Å². The van der Waals surface area contributed by atoms with E-state index in [0.717, 1.165) is 42.2 Å². The zero-order valence-corrected chi connectivity index (χ0v) is 11.7. The van der Waals surface area contributed by atoms with E-state index >= 15 is 0 Å². The van der Waals surface area contributed by atoms with E-state index in [1.165, 1.54) is 25.3 Å². The molecule has 0 amide bonds. The molecule has 19 heavy (non-hydrogen) atoms. The molecule has 1 heterocycles. The van der Waals surface area contributed by atoms with Gasteiger partial charge < -0.3 is 4.57 Å². The number of hydrogen-bond donors (Lipinski definition) is 0. The number of rotatable bonds is 6. The van der Waals surface area contributed by atoms with Crippen LogP contribution >= 0.6 is 11.6 Å². The SMILES string of the molecule is Fc1ccc2nc(CCCl)n(CCCC3CC3)c2c1. The van der Waals surface area contributed by atoms with Gasteiger partial charge in [-0.3, -0.25) is 0 Å². The highest BCUT2D eigenvalue weighted by Crippen LogP contribution is 2.33. The zero-order chi connectivity index (χ0) is 13.2. The van der Waals surface area contributed by atoms with Crippen LogP contribution in [0.3, 0.4) is 0 Å². The highest BCUT2D eigenvalue weighted by atomic mass is 35.5. The van der Waals surface area contributed by atoms with Crippen LogP contribution in [0, 0.1) is 11.7 Å². The van der Waals surface area contributed by atoms with Crippen LogP contribution < -0.4 is 0 Å². The van der Waals surface area contributed by atoms with E-state index in [4.69, 9.17) is 11.6 Å². The Morgan fingerprint density at radius 2 is 2.21 bits per heavy atom. The Bertz CT molecular complexity index is 575. The first-order valence-corrected chi connectivity index (χ1v) is 7.52. The van der Waals surface area contributed by atoms with Crippen LogP contribution in [0.15, 0.2) is 18.2 Å². The molecule has 102 valence electrons. The van der Waals surface area contributed by atoms with Gasteiger partial charge in [0.1, 0.15) is 11.6 Å². The molecule has 0 bridgehead atoms. The Morgan fingerprint density at radius 1 is 1.37 bits per heavy atom. The summed E-state index contributed by atoms with van der Waals surface area (Å²) in [5.41, 5.74) is 1.77. The van der Waals surface area contributed by atoms with Crippen LogP contribution in [0.1, 0.15) is 31.5 Å². The molecular weight excluding hydrogens is 263 g/mol. The lowest BCUT2D eigenvalue weighted by molar-refractivity contribution is 0.570. The van der Waals surface area contributed by atoms with Crippen molar-refractivity contribution in [3.05, 3.63) is 29.8 Å². The summed E-state index contributed by atoms with van der Waals surface area (Å²) in [4.78, 5) is 4.57. The molecule has 1 aromatic heterocycles. The lowest BCUT2D eigenvalue weighted by Gasteiger charge is -2.08. The monoisotopic (exact) mass is 280 g/mol. The molecule has 0 saturated heterocycles. The summed E-state index contributed by atoms with van der Waals surface area (Å²) in [5.74, 6) is 2.26. The first-order chi connectivity index (χ1) is 9.28. The molecule has 1 aliphatic carbocycles. The summed E-state index contributed by atoms with van der Waals surface area (Å²) < 4.78 is 15.5. The van der Waals surface area contributed by atoms with Gasteiger partial charge in [0.05, 0.1) is 11.0 Å². The average molecular weight is 281 g/mol. The second-order valence-corrected chi connectivity index (χ2v) is 5.72. The van der Waals surface area contributed by atoms with Gasteiger partial charge in [-0.2, -0.15) is 0 Å². The molecule has 1 saturated carbocycles. The van der Waals surface area contributed by atoms with Crippen molar-refractivity contribution < 1.29 is 4.39 Å². The minimum atomic E-state index is -0.201. The fourth-order valence-corrected chi connectivity index (χ4v) is 2.78. The maximum atomic E-state index is 13.4. The van der Waals surface area contributed by atoms with Crippen LogP contribution in [0.5, 0.6) is 0 Å². The Hall–Kier alpha value is -1.09. The lowest BCUT2D eigenvalue weighted by Crippen LogP contribution is -2.05. The first kappa shape index (κ1) is 12.9. The zero-order valence-electron chi connectivity index (χ0n) is 10.9. The Kier molecular flexibility index (Phi) is 3.74. The third-order valence-corrected chi connectivity index (χ3v) is 3.99. The second-order valence-electron chi connectivity index (χ2n) is 5.34. The molecule has 0 radical (unpaired) electrons. The maximum Gasteiger partial charge on any atom is 0.125 e. The van der Waals surface area contributed by atoms with Crippen LogP contribution in [0.25, 0.3) is 11.0 Å². The summed E-state index contributed by atoms with van der Waals surface area (Å²) in [6, 6.07) is 4.80. The summed E-state index contributed by atoms with van der Waals surface area (Å²) in [7, 11) is 0. The van der Waals surface area contributed by atoms with Crippen molar-refractivity contribution in [1.29, 1.82) is 0 Å². The van der Waals surface area contributed by atoms with Crippen molar-refractivity contribution >= 4 is 22.6 Å². The Balaban J connectivity index is 1.87. The van der Waals surface area contributed by atoms with Gasteiger partial charge in [0.25, 0.3) is 0 Å². The highest BCUT2D eigenvalue weighted by Gasteiger charge is 2.20. The number of fused-ring (bicyclic) bond motifs is 1. The standard InChI is InChI=1S/C15H18ClFN2/c16-8-7-15-18-13-6-5-12(17)10-14(13)19(15)9-1-2-11-3-4-11/h5-6,10-11H,1-4,7-9H2. The van der Waals surface area contributed by atoms with E-state index in [-0.39, 0.29) is 5.82 Å². The molecule has 1 aromatic carbocycles. The van der Waals surface area contributed by atoms with E-state index in [1.54, 1.807) is 12.1 Å². The van der Waals surface area contributed by atoms with Crippen molar-refractivity contribution in [3.8, 4) is 0 Å². The van der Waals surface area contributed by atoms with Crippen LogP contribution in [0.2, 0.25) is 0 Å². The van der Waals surface area contributed by atoms with Crippen molar-refractivity contribution in [2.75, 3.05) is 5.88 Å². The number of halogens is 2. The third kappa shape index (κ3) is 2.92. The molecule has 4 heteroatoms. The molecule has 0 atom stereocenters. The smallest absolute Gasteiger partial charge is 0.125 e. The second kappa shape index (κ2) is 5.49. The quantitative estimate of drug-likeness (QED) is 0.727. The summed E-state index contributed by atoms with van der Waals surface area (Å²) in [6.45, 7) is 0.919. The predicted octanol–water partition coefficient (Wildman–Crippen LogP) is 4.15. The molecule has 2 nitrogen and oxygen atoms in total. The van der Waals surface area contributed by atoms with Crippen molar-refractivity contribution in [3.63, 3.8) is 0 Å². The molecule has 0 unspecified atom stereocenters. The highest BCUT2D eigenvalue weighted by molar-refractivity contribution is 6.17. The van der Waals surface area contributed by atoms with Gasteiger partial charge in [-0.05, 0) is 37.0 Å². The maximum absolute atomic E-state index is 13.4. The number of aromatic nitrogens is 2. The fourth-order valence-electron chi connectivity index (χ4n) is 2.62. The van der Waals surface area contributed by atoms with Crippen LogP contribution in [-0.4, -0.2) is 15.4 Å². The summed E-state index contributed by atoms with van der Waals surface area (Å²) in [5, 5.41) is 0. The predicted molar refractivity (Wildman–Crippen MR) is 76.1 cm³/mol. The number of nitrogens with zero attached hydrogens (tertiary/aromatic N) is 2. The van der Waals surface area contributed by atoms with Crippen LogP contribution in [0.4, 0.5) is 4.39 Å². The van der Waals surface area contributed by atoms with Gasteiger partial charge in [-0.1, -0.05) is 12.8 Å². The third-order valence-electron chi connectivity index (χ3n) is 3.80. The molecule has 0 aliphatic heterocycles. The normalized spacial score (nSPS) is 15.3. The van der Waals surface area contributed by atoms with E-state index in [0.29, 0.717) is 5.88 Å². The molecular formula is C15H18ClFN2. The summed E-state index contributed by atoms with van der Waals surface area (Å²) in [6.07, 6.45) is 5.92. The minimum absolute atomic E-state index is 0.201. The number of imidazole rings is 1. The summed E-state index contributed by atoms with van der Waals surface area (Å²) >= 11 is 5.83. The van der Waals surface area contributed by atoms with E-state index in [9.17, 15) is 4.39 Å². The Labute approximate surface area is 117 Å². The molecule has 0 N–H and O–H groups in total. The van der Waals surface area contributed by atoms with Crippen molar-refractivity contribution in [2.24, 2.45) is 5.92 Å². The molecule has 1 fully saturated rings. The molecule has 2 aromatic rings. The minimum Gasteiger partial charge on any atom is -0.328 e. The molecule has 3 rings (SSSR count). The topological polar surface area (TPSA) is 17.8 Å². The van der Waals surface area contributed by atoms with Gasteiger partial charge >= 0.3 is 0 Å². The van der Waals surface area contributed by atoms with Gasteiger partial charge in [0.2, 0.25) is 0 Å². The van der Waals surface area contributed by atoms with Gasteiger partial charge in [0.15, 0.2) is 0 Å². The number of hydrogen-bond acceptors (Lipinski definition) is 1. The van der Waals surface area contributed by atoms with Crippen molar-refractivity contribution in [2.45, 2.75) is 38.6 Å². The van der Waals surface area contributed by atoms with Crippen molar-refractivity contribution in [1.82, 2.24) is 9.55 Å². The van der Waals surface area contributed by atoms with Crippen LogP contribution in [-0.2, 0) is 13.0 Å². The molecule has 1 aliphatic rings. The molecule has 0 spiro atoms. The van der Waals surface area contributed by atoms with Gasteiger partial charge in [-0.25, -0.2) is 9.37 Å². The van der Waals surface area contributed by atoms with E-state index in [1.807, 2.05) is 0 Å². The van der Waals surface area contributed by atoms with E-state index in [2.05, 4.69) is 9.55 Å². The Morgan fingerprint density at radius 3 is 2.95 bits per heavy atom. The lowest BCUT2D eigenvalue weighted by atomic mass is 10.2. The number of aryl methyl sites for hydroxylation is 2. The van der Waals surface area contributed by atoms with Gasteiger partial charge in [-0.15, -0.1) is 11.6 Å². The first-order valence-electron chi connectivity index (χ1n) is 6.98. The average Bonchev–Trinajstić information content (AvgIpc) is 3.15. The number of benzene rings is 1. The largest absolute Gasteiger partial charge is 0.328 e.